The molecular weight excluding hydrogens is 529 g/mol. The predicted octanol–water partition coefficient (Wildman–Crippen LogP) is 5.64. The molecule has 40 heavy (non-hydrogen) atoms. The van der Waals surface area contributed by atoms with Crippen LogP contribution < -0.4 is 19.5 Å². The molecule has 1 N–H and O–H groups in total. The molecule has 0 spiro atoms. The molecule has 0 atom stereocenters. The number of alkyl halides is 3. The fraction of sp³-hybridized carbons (Fsp3) is 0.250. The number of nitrogens with one attached hydrogen (secondary N) is 1. The van der Waals surface area contributed by atoms with Gasteiger partial charge >= 0.3 is 12.2 Å². The summed E-state index contributed by atoms with van der Waals surface area (Å²) >= 11 is 0. The first-order chi connectivity index (χ1) is 19.2. The fourth-order valence-corrected chi connectivity index (χ4v) is 3.82. The molecule has 0 saturated carbocycles. The summed E-state index contributed by atoms with van der Waals surface area (Å²) in [5, 5.41) is 7.20. The number of carbonyl (C=O) groups excluding carboxylic acids is 1. The molecule has 0 aliphatic heterocycles. The van der Waals surface area contributed by atoms with Crippen LogP contribution in [0.1, 0.15) is 22.8 Å². The largest absolute Gasteiger partial charge is 0.496 e. The van der Waals surface area contributed by atoms with E-state index in [1.54, 1.807) is 42.5 Å². The number of halogens is 3. The summed E-state index contributed by atoms with van der Waals surface area (Å²) in [6.45, 7) is 2.90. The van der Waals surface area contributed by atoms with E-state index in [1.165, 1.54) is 31.0 Å². The highest BCUT2D eigenvalue weighted by atomic mass is 19.4. The van der Waals surface area contributed by atoms with Crippen LogP contribution >= 0.6 is 0 Å². The van der Waals surface area contributed by atoms with Crippen LogP contribution in [0, 0.1) is 0 Å². The van der Waals surface area contributed by atoms with Crippen LogP contribution in [0.3, 0.4) is 0 Å². The molecule has 0 saturated heterocycles. The molecule has 1 aromatic heterocycles. The van der Waals surface area contributed by atoms with Crippen LogP contribution in [0.5, 0.6) is 17.5 Å². The first kappa shape index (κ1) is 28.4. The Morgan fingerprint density at radius 2 is 1.57 bits per heavy atom. The monoisotopic (exact) mass is 556 g/mol. The average molecular weight is 557 g/mol. The van der Waals surface area contributed by atoms with Crippen LogP contribution in [-0.2, 0) is 10.9 Å². The van der Waals surface area contributed by atoms with Gasteiger partial charge in [0.05, 0.1) is 32.1 Å². The SMILES string of the molecule is CCOCCOc1nc(-c2ccc(C(F)(F)F)cc2)n(-c2ccc(NC(=O)c3c(OC)cccc3OC)cc2)n1. The van der Waals surface area contributed by atoms with E-state index in [0.717, 1.165) is 12.1 Å². The van der Waals surface area contributed by atoms with Crippen LogP contribution in [-0.4, -0.2) is 54.7 Å². The lowest BCUT2D eigenvalue weighted by Crippen LogP contribution is -2.14. The van der Waals surface area contributed by atoms with Gasteiger partial charge < -0.3 is 24.3 Å². The van der Waals surface area contributed by atoms with Crippen molar-refractivity contribution in [3.63, 3.8) is 0 Å². The lowest BCUT2D eigenvalue weighted by Gasteiger charge is -2.13. The number of rotatable bonds is 11. The van der Waals surface area contributed by atoms with E-state index in [4.69, 9.17) is 18.9 Å². The van der Waals surface area contributed by atoms with Crippen molar-refractivity contribution in [2.24, 2.45) is 0 Å². The summed E-state index contributed by atoms with van der Waals surface area (Å²) in [7, 11) is 2.92. The van der Waals surface area contributed by atoms with Gasteiger partial charge in [-0.2, -0.15) is 18.2 Å². The lowest BCUT2D eigenvalue weighted by atomic mass is 10.1. The van der Waals surface area contributed by atoms with Crippen molar-refractivity contribution in [1.29, 1.82) is 0 Å². The van der Waals surface area contributed by atoms with E-state index in [0.29, 0.717) is 41.7 Å². The number of benzene rings is 3. The molecule has 0 bridgehead atoms. The third kappa shape index (κ3) is 6.52. The van der Waals surface area contributed by atoms with Crippen LogP contribution in [0.25, 0.3) is 17.1 Å². The number of aromatic nitrogens is 3. The highest BCUT2D eigenvalue weighted by Gasteiger charge is 2.30. The molecule has 9 nitrogen and oxygen atoms in total. The number of nitrogens with zero attached hydrogens (tertiary/aromatic N) is 3. The Morgan fingerprint density at radius 3 is 2.15 bits per heavy atom. The van der Waals surface area contributed by atoms with Gasteiger partial charge in [-0.25, -0.2) is 4.68 Å². The topological polar surface area (TPSA) is 96.7 Å². The minimum absolute atomic E-state index is 0.0373. The van der Waals surface area contributed by atoms with Gasteiger partial charge in [0, 0.05) is 17.9 Å². The van der Waals surface area contributed by atoms with E-state index in [9.17, 15) is 18.0 Å². The zero-order chi connectivity index (χ0) is 28.7. The smallest absolute Gasteiger partial charge is 0.416 e. The van der Waals surface area contributed by atoms with Crippen LogP contribution in [0.4, 0.5) is 18.9 Å². The Morgan fingerprint density at radius 1 is 0.925 bits per heavy atom. The van der Waals surface area contributed by atoms with Gasteiger partial charge in [0.25, 0.3) is 5.91 Å². The Kier molecular flexibility index (Phi) is 8.90. The molecule has 1 heterocycles. The van der Waals surface area contributed by atoms with Crippen LogP contribution in [0.15, 0.2) is 66.7 Å². The van der Waals surface area contributed by atoms with E-state index in [1.807, 2.05) is 6.92 Å². The number of hydrogen-bond acceptors (Lipinski definition) is 7. The van der Waals surface area contributed by atoms with Gasteiger partial charge in [-0.05, 0) is 55.5 Å². The number of methoxy groups -OCH3 is 2. The number of carbonyl (C=O) groups is 1. The molecule has 1 amide bonds. The molecule has 0 aliphatic carbocycles. The molecule has 12 heteroatoms. The van der Waals surface area contributed by atoms with Gasteiger partial charge in [-0.15, -0.1) is 5.10 Å². The van der Waals surface area contributed by atoms with Crippen molar-refractivity contribution in [1.82, 2.24) is 14.8 Å². The number of hydrogen-bond donors (Lipinski definition) is 1. The van der Waals surface area contributed by atoms with E-state index in [2.05, 4.69) is 15.4 Å². The summed E-state index contributed by atoms with van der Waals surface area (Å²) in [4.78, 5) is 17.4. The summed E-state index contributed by atoms with van der Waals surface area (Å²) < 4.78 is 62.2. The van der Waals surface area contributed by atoms with Crippen molar-refractivity contribution in [2.75, 3.05) is 39.4 Å². The van der Waals surface area contributed by atoms with Crippen molar-refractivity contribution in [3.05, 3.63) is 77.9 Å². The third-order valence-corrected chi connectivity index (χ3v) is 5.75. The maximum Gasteiger partial charge on any atom is 0.416 e. The minimum Gasteiger partial charge on any atom is -0.496 e. The second-order valence-electron chi connectivity index (χ2n) is 8.29. The predicted molar refractivity (Wildman–Crippen MR) is 141 cm³/mol. The van der Waals surface area contributed by atoms with Gasteiger partial charge in [0.1, 0.15) is 23.7 Å². The van der Waals surface area contributed by atoms with E-state index < -0.39 is 17.6 Å². The summed E-state index contributed by atoms with van der Waals surface area (Å²) in [5.74, 6) is 0.553. The summed E-state index contributed by atoms with van der Waals surface area (Å²) in [5.41, 5.74) is 0.885. The van der Waals surface area contributed by atoms with Gasteiger partial charge in [-0.1, -0.05) is 18.2 Å². The summed E-state index contributed by atoms with van der Waals surface area (Å²) in [6, 6.07) is 16.3. The Labute approximate surface area is 228 Å². The Bertz CT molecular complexity index is 1420. The van der Waals surface area contributed by atoms with E-state index in [-0.39, 0.29) is 24.0 Å². The molecule has 0 aliphatic rings. The molecule has 4 aromatic rings. The van der Waals surface area contributed by atoms with Crippen molar-refractivity contribution in [3.8, 4) is 34.6 Å². The quantitative estimate of drug-likeness (QED) is 0.239. The Balaban J connectivity index is 1.62. The molecular formula is C28H27F3N4O5. The average Bonchev–Trinajstić information content (AvgIpc) is 3.39. The minimum atomic E-state index is -4.46. The maximum atomic E-state index is 13.1. The van der Waals surface area contributed by atoms with Gasteiger partial charge in [0.2, 0.25) is 0 Å². The highest BCUT2D eigenvalue weighted by Crippen LogP contribution is 2.32. The normalized spacial score (nSPS) is 11.2. The van der Waals surface area contributed by atoms with Crippen LogP contribution in [0.2, 0.25) is 0 Å². The number of amides is 1. The third-order valence-electron chi connectivity index (χ3n) is 5.75. The zero-order valence-corrected chi connectivity index (χ0v) is 22.0. The van der Waals surface area contributed by atoms with Gasteiger partial charge in [-0.3, -0.25) is 4.79 Å². The fourth-order valence-electron chi connectivity index (χ4n) is 3.82. The Hall–Kier alpha value is -4.58. The molecule has 210 valence electrons. The van der Waals surface area contributed by atoms with Crippen molar-refractivity contribution >= 4 is 11.6 Å². The zero-order valence-electron chi connectivity index (χ0n) is 22.0. The summed E-state index contributed by atoms with van der Waals surface area (Å²) in [6.07, 6.45) is -4.46. The molecule has 0 radical (unpaired) electrons. The maximum absolute atomic E-state index is 13.1. The number of anilines is 1. The highest BCUT2D eigenvalue weighted by molar-refractivity contribution is 6.08. The van der Waals surface area contributed by atoms with E-state index >= 15 is 0 Å². The first-order valence-corrected chi connectivity index (χ1v) is 12.2. The van der Waals surface area contributed by atoms with Crippen molar-refractivity contribution in [2.45, 2.75) is 13.1 Å². The number of ether oxygens (including phenoxy) is 4. The first-order valence-electron chi connectivity index (χ1n) is 12.2. The lowest BCUT2D eigenvalue weighted by molar-refractivity contribution is -0.137. The molecule has 0 fully saturated rings. The second kappa shape index (κ2) is 12.5. The molecule has 3 aromatic carbocycles. The standard InChI is InChI=1S/C28H27F3N4O5/c1-4-39-16-17-40-27-33-25(18-8-10-19(11-9-18)28(29,30)31)35(34-27)21-14-12-20(13-15-21)32-26(36)24-22(37-2)6-5-7-23(24)38-3/h5-15H,4,16-17H2,1-3H3,(H,32,36). The molecule has 0 unspecified atom stereocenters. The van der Waals surface area contributed by atoms with Gasteiger partial charge in [0.15, 0.2) is 5.82 Å². The molecule has 4 rings (SSSR count). The van der Waals surface area contributed by atoms with Crippen molar-refractivity contribution < 1.29 is 36.9 Å². The second-order valence-corrected chi connectivity index (χ2v) is 8.29.